The van der Waals surface area contributed by atoms with Crippen LogP contribution in [0.1, 0.15) is 56.8 Å². The lowest BCUT2D eigenvalue weighted by Gasteiger charge is -2.34. The Balaban J connectivity index is 1.68. The lowest BCUT2D eigenvalue weighted by atomic mass is 9.94. The first-order valence-corrected chi connectivity index (χ1v) is 14.3. The molecule has 0 saturated carbocycles. The molecule has 2 aliphatic heterocycles. The molecule has 0 unspecified atom stereocenters. The SMILES string of the molecule is CCCc1ccc([C@H]2NC(=O)N(c3cccc(C(F)(F)F)c3)C3=C2C(=O)N(CCN(CCN)C(=O)OC(C)(C)C)C3)cc1. The number of benzene rings is 2. The summed E-state index contributed by atoms with van der Waals surface area (Å²) in [4.78, 5) is 44.2. The predicted octanol–water partition coefficient (Wildman–Crippen LogP) is 5.22. The Morgan fingerprint density at radius 3 is 2.40 bits per heavy atom. The fraction of sp³-hybridized carbons (Fsp3) is 0.452. The Bertz CT molecular complexity index is 1390. The number of alkyl halides is 3. The number of amides is 4. The molecule has 0 aliphatic carbocycles. The van der Waals surface area contributed by atoms with Gasteiger partial charge in [-0.3, -0.25) is 9.69 Å². The number of nitrogens with two attached hydrogens (primary N) is 1. The van der Waals surface area contributed by atoms with Crippen molar-refractivity contribution in [1.82, 2.24) is 15.1 Å². The average molecular weight is 602 g/mol. The molecular formula is C31H38F3N5O4. The Labute approximate surface area is 249 Å². The third kappa shape index (κ3) is 7.30. The zero-order chi connectivity index (χ0) is 31.5. The molecule has 0 bridgehead atoms. The van der Waals surface area contributed by atoms with E-state index in [0.717, 1.165) is 35.4 Å². The van der Waals surface area contributed by atoms with E-state index in [0.29, 0.717) is 11.3 Å². The molecule has 0 saturated heterocycles. The molecule has 2 aromatic carbocycles. The van der Waals surface area contributed by atoms with Crippen LogP contribution in [0, 0.1) is 0 Å². The maximum Gasteiger partial charge on any atom is 0.416 e. The van der Waals surface area contributed by atoms with E-state index in [4.69, 9.17) is 10.5 Å². The van der Waals surface area contributed by atoms with Crippen molar-refractivity contribution in [3.05, 3.63) is 76.5 Å². The van der Waals surface area contributed by atoms with Gasteiger partial charge in [0.15, 0.2) is 0 Å². The standard InChI is InChI=1S/C31H38F3N5O4/c1-5-7-20-10-12-21(13-11-20)26-25-24(39(28(41)36-26)23-9-6-8-22(18-23)31(32,33)34)19-38(27(25)40)17-16-37(15-14-35)29(42)43-30(2,3)4/h6,8-13,18,26H,5,7,14-17,19,35H2,1-4H3,(H,36,41)/t26-/m1/s1. The van der Waals surface area contributed by atoms with Gasteiger partial charge in [0, 0.05) is 26.2 Å². The number of carbonyl (C=O) groups excluding carboxylic acids is 3. The monoisotopic (exact) mass is 601 g/mol. The van der Waals surface area contributed by atoms with E-state index >= 15 is 0 Å². The summed E-state index contributed by atoms with van der Waals surface area (Å²) in [6, 6.07) is 10.6. The van der Waals surface area contributed by atoms with Gasteiger partial charge in [0.1, 0.15) is 5.60 Å². The van der Waals surface area contributed by atoms with Crippen LogP contribution >= 0.6 is 0 Å². The highest BCUT2D eigenvalue weighted by Gasteiger charge is 2.45. The summed E-state index contributed by atoms with van der Waals surface area (Å²) < 4.78 is 46.2. The minimum absolute atomic E-state index is 0.00951. The number of anilines is 1. The highest BCUT2D eigenvalue weighted by molar-refractivity contribution is 6.07. The van der Waals surface area contributed by atoms with Crippen LogP contribution in [0.3, 0.4) is 0 Å². The number of carbonyl (C=O) groups is 3. The summed E-state index contributed by atoms with van der Waals surface area (Å²) >= 11 is 0. The van der Waals surface area contributed by atoms with Crippen LogP contribution in [0.15, 0.2) is 59.8 Å². The predicted molar refractivity (Wildman–Crippen MR) is 156 cm³/mol. The van der Waals surface area contributed by atoms with Crippen molar-refractivity contribution in [2.75, 3.05) is 37.6 Å². The third-order valence-electron chi connectivity index (χ3n) is 7.17. The number of hydrogen-bond acceptors (Lipinski definition) is 5. The quantitative estimate of drug-likeness (QED) is 0.410. The summed E-state index contributed by atoms with van der Waals surface area (Å²) in [6.45, 7) is 7.86. The Morgan fingerprint density at radius 2 is 1.79 bits per heavy atom. The van der Waals surface area contributed by atoms with Crippen molar-refractivity contribution in [3.8, 4) is 0 Å². The molecule has 232 valence electrons. The number of rotatable bonds is 9. The van der Waals surface area contributed by atoms with Gasteiger partial charge < -0.3 is 25.6 Å². The van der Waals surface area contributed by atoms with Crippen LogP contribution in [-0.2, 0) is 22.1 Å². The Morgan fingerprint density at radius 1 is 1.09 bits per heavy atom. The van der Waals surface area contributed by atoms with E-state index in [1.54, 1.807) is 20.8 Å². The molecule has 1 atom stereocenters. The maximum atomic E-state index is 13.9. The van der Waals surface area contributed by atoms with Crippen molar-refractivity contribution in [1.29, 1.82) is 0 Å². The second-order valence-electron chi connectivity index (χ2n) is 11.6. The van der Waals surface area contributed by atoms with Gasteiger partial charge >= 0.3 is 18.3 Å². The molecule has 4 rings (SSSR count). The summed E-state index contributed by atoms with van der Waals surface area (Å²) in [5.41, 5.74) is 6.41. The first-order chi connectivity index (χ1) is 20.2. The molecule has 2 heterocycles. The molecular weight excluding hydrogens is 563 g/mol. The zero-order valence-electron chi connectivity index (χ0n) is 24.8. The van der Waals surface area contributed by atoms with Crippen LogP contribution in [0.5, 0.6) is 0 Å². The normalized spacial score (nSPS) is 17.3. The minimum Gasteiger partial charge on any atom is -0.444 e. The van der Waals surface area contributed by atoms with E-state index in [2.05, 4.69) is 12.2 Å². The molecule has 2 aliphatic rings. The summed E-state index contributed by atoms with van der Waals surface area (Å²) in [7, 11) is 0. The highest BCUT2D eigenvalue weighted by atomic mass is 19.4. The van der Waals surface area contributed by atoms with Crippen LogP contribution < -0.4 is 16.0 Å². The summed E-state index contributed by atoms with van der Waals surface area (Å²) in [5.74, 6) is -0.383. The molecule has 0 radical (unpaired) electrons. The number of nitrogens with one attached hydrogen (secondary N) is 1. The maximum absolute atomic E-state index is 13.9. The van der Waals surface area contributed by atoms with E-state index < -0.39 is 35.5 Å². The van der Waals surface area contributed by atoms with Gasteiger partial charge in [-0.05, 0) is 56.5 Å². The van der Waals surface area contributed by atoms with Crippen molar-refractivity contribution in [2.24, 2.45) is 5.73 Å². The average Bonchev–Trinajstić information content (AvgIpc) is 3.25. The van der Waals surface area contributed by atoms with Crippen molar-refractivity contribution >= 4 is 23.7 Å². The first kappa shape index (κ1) is 31.9. The van der Waals surface area contributed by atoms with Crippen molar-refractivity contribution in [2.45, 2.75) is 58.4 Å². The molecule has 2 aromatic rings. The molecule has 0 fully saturated rings. The minimum atomic E-state index is -4.62. The van der Waals surface area contributed by atoms with Gasteiger partial charge in [-0.2, -0.15) is 13.2 Å². The van der Waals surface area contributed by atoms with E-state index in [1.807, 2.05) is 24.3 Å². The lowest BCUT2D eigenvalue weighted by Crippen LogP contribution is -2.47. The van der Waals surface area contributed by atoms with Crippen LogP contribution in [0.25, 0.3) is 0 Å². The van der Waals surface area contributed by atoms with Gasteiger partial charge in [-0.1, -0.05) is 43.7 Å². The Hall–Kier alpha value is -4.06. The molecule has 0 aromatic heterocycles. The first-order valence-electron chi connectivity index (χ1n) is 14.3. The number of halogens is 3. The number of urea groups is 1. The number of hydrogen-bond donors (Lipinski definition) is 2. The second-order valence-corrected chi connectivity index (χ2v) is 11.6. The molecule has 43 heavy (non-hydrogen) atoms. The number of ether oxygens (including phenoxy) is 1. The molecule has 0 spiro atoms. The topological polar surface area (TPSA) is 108 Å². The van der Waals surface area contributed by atoms with Crippen LogP contribution in [0.2, 0.25) is 0 Å². The molecule has 3 N–H and O–H groups in total. The van der Waals surface area contributed by atoms with Crippen molar-refractivity contribution in [3.63, 3.8) is 0 Å². The van der Waals surface area contributed by atoms with Gasteiger partial charge in [-0.25, -0.2) is 9.59 Å². The smallest absolute Gasteiger partial charge is 0.416 e. The molecule has 9 nitrogen and oxygen atoms in total. The molecule has 12 heteroatoms. The van der Waals surface area contributed by atoms with Crippen LogP contribution in [0.4, 0.5) is 28.4 Å². The lowest BCUT2D eigenvalue weighted by molar-refractivity contribution is -0.137. The molecule has 4 amide bonds. The second kappa shape index (κ2) is 12.7. The summed E-state index contributed by atoms with van der Waals surface area (Å²) in [6.07, 6.45) is -3.36. The largest absolute Gasteiger partial charge is 0.444 e. The zero-order valence-corrected chi connectivity index (χ0v) is 24.8. The van der Waals surface area contributed by atoms with Crippen LogP contribution in [-0.4, -0.2) is 66.2 Å². The van der Waals surface area contributed by atoms with E-state index in [-0.39, 0.29) is 49.9 Å². The highest BCUT2D eigenvalue weighted by Crippen LogP contribution is 2.40. The number of nitrogens with zero attached hydrogens (tertiary/aromatic N) is 3. The fourth-order valence-corrected chi connectivity index (χ4v) is 5.20. The van der Waals surface area contributed by atoms with E-state index in [9.17, 15) is 27.6 Å². The fourth-order valence-electron chi connectivity index (χ4n) is 5.20. The van der Waals surface area contributed by atoms with E-state index in [1.165, 1.54) is 21.9 Å². The Kier molecular flexibility index (Phi) is 9.38. The summed E-state index contributed by atoms with van der Waals surface area (Å²) in [5, 5.41) is 2.84. The van der Waals surface area contributed by atoms with Gasteiger partial charge in [-0.15, -0.1) is 0 Å². The van der Waals surface area contributed by atoms with Gasteiger partial charge in [0.25, 0.3) is 5.91 Å². The van der Waals surface area contributed by atoms with Gasteiger partial charge in [0.05, 0.1) is 35.1 Å². The number of aryl methyl sites for hydroxylation is 1. The van der Waals surface area contributed by atoms with Gasteiger partial charge in [0.2, 0.25) is 0 Å². The third-order valence-corrected chi connectivity index (χ3v) is 7.17. The van der Waals surface area contributed by atoms with Crippen molar-refractivity contribution < 1.29 is 32.3 Å².